The molecular formula is C19H19ClN2O2. The average Bonchev–Trinajstić information content (AvgIpc) is 3.35. The molecule has 6 rings (SSSR count). The van der Waals surface area contributed by atoms with Crippen molar-refractivity contribution in [3.63, 3.8) is 0 Å². The average molecular weight is 343 g/mol. The largest absolute Gasteiger partial charge is 0.367 e. The molecule has 2 saturated carbocycles. The molecule has 1 aromatic rings. The summed E-state index contributed by atoms with van der Waals surface area (Å²) in [4.78, 5) is 27.2. The molecule has 0 unspecified atom stereocenters. The number of imide groups is 1. The molecule has 1 N–H and O–H groups in total. The quantitative estimate of drug-likeness (QED) is 0.678. The summed E-state index contributed by atoms with van der Waals surface area (Å²) >= 11 is 6.04. The third kappa shape index (κ3) is 1.86. The van der Waals surface area contributed by atoms with E-state index in [4.69, 9.17) is 11.6 Å². The van der Waals surface area contributed by atoms with E-state index in [1.165, 1.54) is 11.3 Å². The van der Waals surface area contributed by atoms with Gasteiger partial charge in [-0.25, -0.2) is 0 Å². The molecule has 4 aliphatic carbocycles. The van der Waals surface area contributed by atoms with Crippen LogP contribution in [0.3, 0.4) is 0 Å². The first-order valence-corrected chi connectivity index (χ1v) is 8.97. The van der Waals surface area contributed by atoms with Gasteiger partial charge in [0.05, 0.1) is 18.5 Å². The number of rotatable bonds is 3. The molecule has 6 atom stereocenters. The number of carbonyl (C=O) groups is 2. The van der Waals surface area contributed by atoms with Gasteiger partial charge in [-0.3, -0.25) is 14.5 Å². The fourth-order valence-electron chi connectivity index (χ4n) is 5.12. The van der Waals surface area contributed by atoms with Gasteiger partial charge in [0.1, 0.15) is 0 Å². The molecule has 1 saturated heterocycles. The predicted molar refractivity (Wildman–Crippen MR) is 91.2 cm³/mol. The number of hydrogen-bond acceptors (Lipinski definition) is 3. The summed E-state index contributed by atoms with van der Waals surface area (Å²) in [6.45, 7) is 2.20. The van der Waals surface area contributed by atoms with Crippen LogP contribution in [0.15, 0.2) is 30.4 Å². The van der Waals surface area contributed by atoms with Crippen LogP contribution < -0.4 is 5.32 Å². The minimum atomic E-state index is -0.126. The maximum absolute atomic E-state index is 12.9. The van der Waals surface area contributed by atoms with Crippen LogP contribution in [0.4, 0.5) is 5.69 Å². The van der Waals surface area contributed by atoms with E-state index in [2.05, 4.69) is 17.5 Å². The van der Waals surface area contributed by atoms with Crippen molar-refractivity contribution >= 4 is 29.1 Å². The number of likely N-dealkylation sites (tertiary alicyclic amines) is 1. The van der Waals surface area contributed by atoms with Crippen molar-refractivity contribution in [3.05, 3.63) is 40.9 Å². The van der Waals surface area contributed by atoms with Gasteiger partial charge in [-0.05, 0) is 54.7 Å². The Hall–Kier alpha value is -1.81. The molecule has 3 fully saturated rings. The molecule has 124 valence electrons. The van der Waals surface area contributed by atoms with Crippen molar-refractivity contribution in [2.75, 3.05) is 12.0 Å². The second kappa shape index (κ2) is 4.85. The number of hydrogen-bond donors (Lipinski definition) is 1. The number of amides is 2. The van der Waals surface area contributed by atoms with E-state index in [0.717, 1.165) is 11.3 Å². The standard InChI is InChI=1S/C19H19ClN2O2/c1-9-2-3-10(20)6-15(9)21-8-22-18(23)16-11-4-5-12(14-7-13(11)14)17(16)19(22)24/h2-6,11-14,16-17,21H,7-8H2,1H3/t11-,12-,13-,14+,16-,17+/m1/s1. The first-order valence-electron chi connectivity index (χ1n) is 8.60. The molecule has 2 amide bonds. The van der Waals surface area contributed by atoms with Gasteiger partial charge >= 0.3 is 0 Å². The van der Waals surface area contributed by atoms with E-state index in [9.17, 15) is 9.59 Å². The van der Waals surface area contributed by atoms with E-state index in [0.29, 0.717) is 16.9 Å². The van der Waals surface area contributed by atoms with E-state index in [-0.39, 0.29) is 42.2 Å². The highest BCUT2D eigenvalue weighted by atomic mass is 35.5. The summed E-state index contributed by atoms with van der Waals surface area (Å²) in [5, 5.41) is 3.86. The summed E-state index contributed by atoms with van der Waals surface area (Å²) in [7, 11) is 0. The number of anilines is 1. The molecule has 24 heavy (non-hydrogen) atoms. The molecule has 2 bridgehead atoms. The highest BCUT2D eigenvalue weighted by molar-refractivity contribution is 6.30. The number of halogens is 1. The Kier molecular flexibility index (Phi) is 2.94. The summed E-state index contributed by atoms with van der Waals surface area (Å²) in [5.41, 5.74) is 1.90. The number of nitrogens with one attached hydrogen (secondary N) is 1. The molecule has 1 aromatic carbocycles. The zero-order valence-corrected chi connectivity index (χ0v) is 14.2. The third-order valence-corrected chi connectivity index (χ3v) is 6.62. The fourth-order valence-corrected chi connectivity index (χ4v) is 5.30. The third-order valence-electron chi connectivity index (χ3n) is 6.38. The Labute approximate surface area is 145 Å². The lowest BCUT2D eigenvalue weighted by molar-refractivity contribution is -0.139. The van der Waals surface area contributed by atoms with Gasteiger partial charge < -0.3 is 5.32 Å². The number of aryl methyl sites for hydroxylation is 1. The van der Waals surface area contributed by atoms with Gasteiger partial charge in [0.15, 0.2) is 0 Å². The van der Waals surface area contributed by atoms with Gasteiger partial charge in [0.25, 0.3) is 0 Å². The minimum absolute atomic E-state index is 0.00174. The molecule has 5 aliphatic rings. The lowest BCUT2D eigenvalue weighted by Gasteiger charge is -2.37. The second-order valence-electron chi connectivity index (χ2n) is 7.55. The zero-order chi connectivity index (χ0) is 16.6. The van der Waals surface area contributed by atoms with Gasteiger partial charge in [-0.2, -0.15) is 0 Å². The van der Waals surface area contributed by atoms with Crippen molar-refractivity contribution in [2.45, 2.75) is 13.3 Å². The van der Waals surface area contributed by atoms with Gasteiger partial charge in [0.2, 0.25) is 11.8 Å². The molecule has 0 radical (unpaired) electrons. The Morgan fingerprint density at radius 2 is 1.75 bits per heavy atom. The van der Waals surface area contributed by atoms with E-state index in [1.54, 1.807) is 0 Å². The van der Waals surface area contributed by atoms with Crippen molar-refractivity contribution in [1.29, 1.82) is 0 Å². The normalized spacial score (nSPS) is 38.3. The molecule has 0 spiro atoms. The zero-order valence-electron chi connectivity index (χ0n) is 13.4. The molecule has 5 heteroatoms. The number of carbonyl (C=O) groups excluding carboxylic acids is 2. The summed E-state index contributed by atoms with van der Waals surface area (Å²) in [6, 6.07) is 5.59. The van der Waals surface area contributed by atoms with Gasteiger partial charge in [0, 0.05) is 10.7 Å². The van der Waals surface area contributed by atoms with Crippen molar-refractivity contribution < 1.29 is 9.59 Å². The Morgan fingerprint density at radius 1 is 1.12 bits per heavy atom. The van der Waals surface area contributed by atoms with Crippen LogP contribution in [0.5, 0.6) is 0 Å². The summed E-state index contributed by atoms with van der Waals surface area (Å²) in [6.07, 6.45) is 5.59. The van der Waals surface area contributed by atoms with Crippen LogP contribution in [-0.2, 0) is 9.59 Å². The maximum Gasteiger partial charge on any atom is 0.235 e. The lowest BCUT2D eigenvalue weighted by Crippen LogP contribution is -2.40. The summed E-state index contributed by atoms with van der Waals surface area (Å²) < 4.78 is 0. The van der Waals surface area contributed by atoms with Crippen LogP contribution in [-0.4, -0.2) is 23.4 Å². The van der Waals surface area contributed by atoms with Crippen LogP contribution >= 0.6 is 11.6 Å². The van der Waals surface area contributed by atoms with Crippen molar-refractivity contribution in [3.8, 4) is 0 Å². The van der Waals surface area contributed by atoms with Crippen LogP contribution in [0, 0.1) is 42.4 Å². The van der Waals surface area contributed by atoms with E-state index < -0.39 is 0 Å². The number of benzene rings is 1. The van der Waals surface area contributed by atoms with Gasteiger partial charge in [-0.1, -0.05) is 29.8 Å². The smallest absolute Gasteiger partial charge is 0.235 e. The molecule has 1 aliphatic heterocycles. The van der Waals surface area contributed by atoms with Crippen LogP contribution in [0.1, 0.15) is 12.0 Å². The first-order chi connectivity index (χ1) is 11.6. The monoisotopic (exact) mass is 342 g/mol. The van der Waals surface area contributed by atoms with Crippen LogP contribution in [0.25, 0.3) is 0 Å². The highest BCUT2D eigenvalue weighted by Gasteiger charge is 2.66. The minimum Gasteiger partial charge on any atom is -0.367 e. The number of allylic oxidation sites excluding steroid dienone is 2. The van der Waals surface area contributed by atoms with E-state index >= 15 is 0 Å². The Morgan fingerprint density at radius 3 is 2.38 bits per heavy atom. The maximum atomic E-state index is 12.9. The van der Waals surface area contributed by atoms with E-state index in [1.807, 2.05) is 25.1 Å². The fraction of sp³-hybridized carbons (Fsp3) is 0.474. The first kappa shape index (κ1) is 14.5. The second-order valence-corrected chi connectivity index (χ2v) is 7.99. The molecule has 1 heterocycles. The van der Waals surface area contributed by atoms with Gasteiger partial charge in [-0.15, -0.1) is 0 Å². The highest BCUT2D eigenvalue weighted by Crippen LogP contribution is 2.65. The predicted octanol–water partition coefficient (Wildman–Crippen LogP) is 3.07. The van der Waals surface area contributed by atoms with Crippen LogP contribution in [0.2, 0.25) is 5.02 Å². The topological polar surface area (TPSA) is 49.4 Å². The lowest BCUT2D eigenvalue weighted by atomic mass is 9.63. The van der Waals surface area contributed by atoms with Crippen molar-refractivity contribution in [1.82, 2.24) is 4.90 Å². The summed E-state index contributed by atoms with van der Waals surface area (Å²) in [5.74, 6) is 1.58. The Bertz CT molecular complexity index is 754. The van der Waals surface area contributed by atoms with Crippen molar-refractivity contribution in [2.24, 2.45) is 35.5 Å². The SMILES string of the molecule is Cc1ccc(Cl)cc1NCN1C(=O)[C@@H]2[C@@H]3C=C[C@H]([C@@H]4C[C@H]34)[C@@H]2C1=O. The molecular weight excluding hydrogens is 324 g/mol. The molecule has 4 nitrogen and oxygen atoms in total. The number of nitrogens with zero attached hydrogens (tertiary/aromatic N) is 1. The molecule has 0 aromatic heterocycles. The Balaban J connectivity index is 1.38.